The van der Waals surface area contributed by atoms with Gasteiger partial charge in [0.05, 0.1) is 0 Å². The van der Waals surface area contributed by atoms with E-state index in [-0.39, 0.29) is 5.91 Å². The van der Waals surface area contributed by atoms with E-state index in [0.717, 1.165) is 24.0 Å². The fourth-order valence-corrected chi connectivity index (χ4v) is 3.08. The van der Waals surface area contributed by atoms with Crippen LogP contribution in [0.4, 0.5) is 5.69 Å². The molecule has 2 heterocycles. The van der Waals surface area contributed by atoms with Gasteiger partial charge < -0.3 is 14.9 Å². The molecule has 0 aliphatic carbocycles. The second kappa shape index (κ2) is 5.93. The van der Waals surface area contributed by atoms with E-state index < -0.39 is 6.10 Å². The van der Waals surface area contributed by atoms with Crippen LogP contribution < -0.4 is 4.90 Å². The van der Waals surface area contributed by atoms with E-state index in [1.807, 2.05) is 18.5 Å². The van der Waals surface area contributed by atoms with Crippen molar-refractivity contribution in [2.24, 2.45) is 0 Å². The number of amides is 1. The Hall–Kier alpha value is -2.14. The Morgan fingerprint density at radius 1 is 1.23 bits per heavy atom. The van der Waals surface area contributed by atoms with Crippen LogP contribution in [-0.4, -0.2) is 53.2 Å². The number of fused-ring (bicyclic) bond motifs is 1. The van der Waals surface area contributed by atoms with Crippen molar-refractivity contribution in [1.82, 2.24) is 9.88 Å². The van der Waals surface area contributed by atoms with Gasteiger partial charge in [-0.1, -0.05) is 12.1 Å². The zero-order valence-electron chi connectivity index (χ0n) is 13.0. The number of aromatic nitrogens is 1. The van der Waals surface area contributed by atoms with E-state index in [0.29, 0.717) is 13.1 Å². The van der Waals surface area contributed by atoms with Gasteiger partial charge in [0.1, 0.15) is 6.10 Å². The van der Waals surface area contributed by atoms with Gasteiger partial charge in [0, 0.05) is 55.0 Å². The normalized spacial score (nSPS) is 16.9. The number of piperazine rings is 1. The molecule has 3 rings (SSSR count). The molecule has 0 unspecified atom stereocenters. The van der Waals surface area contributed by atoms with Gasteiger partial charge in [-0.2, -0.15) is 0 Å². The second-order valence-corrected chi connectivity index (χ2v) is 5.82. The maximum atomic E-state index is 11.9. The largest absolute Gasteiger partial charge is 0.384 e. The number of pyridine rings is 1. The number of anilines is 1. The van der Waals surface area contributed by atoms with Crippen molar-refractivity contribution >= 4 is 22.4 Å². The molecular formula is C17H21N3O2. The van der Waals surface area contributed by atoms with Crippen LogP contribution in [0.1, 0.15) is 12.5 Å². The molecular weight excluding hydrogens is 278 g/mol. The molecule has 5 heteroatoms. The number of aliphatic hydroxyl groups excluding tert-OH is 1. The fourth-order valence-electron chi connectivity index (χ4n) is 3.08. The van der Waals surface area contributed by atoms with Crippen molar-refractivity contribution in [3.63, 3.8) is 0 Å². The molecule has 1 amide bonds. The summed E-state index contributed by atoms with van der Waals surface area (Å²) in [6, 6.07) is 6.25. The summed E-state index contributed by atoms with van der Waals surface area (Å²) in [6.07, 6.45) is 2.86. The Balaban J connectivity index is 1.84. The molecule has 0 bridgehead atoms. The summed E-state index contributed by atoms with van der Waals surface area (Å²) in [5.74, 6) is -0.182. The Kier molecular flexibility index (Phi) is 3.98. The van der Waals surface area contributed by atoms with E-state index in [2.05, 4.69) is 28.9 Å². The number of benzene rings is 1. The number of hydrogen-bond donors (Lipinski definition) is 1. The van der Waals surface area contributed by atoms with Gasteiger partial charge in [-0.05, 0) is 25.5 Å². The van der Waals surface area contributed by atoms with Crippen LogP contribution in [0.3, 0.4) is 0 Å². The van der Waals surface area contributed by atoms with Crippen LogP contribution >= 0.6 is 0 Å². The van der Waals surface area contributed by atoms with Gasteiger partial charge in [-0.3, -0.25) is 9.78 Å². The first-order chi connectivity index (χ1) is 10.6. The SMILES string of the molecule is Cc1cncc2cccc(N3CCN(C(=O)[C@H](C)O)CC3)c12. The summed E-state index contributed by atoms with van der Waals surface area (Å²) in [5, 5.41) is 11.8. The van der Waals surface area contributed by atoms with Crippen LogP contribution in [0.2, 0.25) is 0 Å². The van der Waals surface area contributed by atoms with E-state index in [1.54, 1.807) is 4.90 Å². The number of hydrogen-bond acceptors (Lipinski definition) is 4. The highest BCUT2D eigenvalue weighted by atomic mass is 16.3. The first kappa shape index (κ1) is 14.8. The highest BCUT2D eigenvalue weighted by molar-refractivity contribution is 5.96. The van der Waals surface area contributed by atoms with E-state index in [4.69, 9.17) is 0 Å². The lowest BCUT2D eigenvalue weighted by Gasteiger charge is -2.37. The molecule has 1 aromatic carbocycles. The minimum atomic E-state index is -0.919. The number of nitrogens with zero attached hydrogens (tertiary/aromatic N) is 3. The maximum Gasteiger partial charge on any atom is 0.251 e. The Morgan fingerprint density at radius 2 is 1.95 bits per heavy atom. The molecule has 0 radical (unpaired) electrons. The fraction of sp³-hybridized carbons (Fsp3) is 0.412. The van der Waals surface area contributed by atoms with Crippen molar-refractivity contribution < 1.29 is 9.90 Å². The quantitative estimate of drug-likeness (QED) is 0.914. The van der Waals surface area contributed by atoms with E-state index in [9.17, 15) is 9.90 Å². The molecule has 1 aliphatic heterocycles. The number of rotatable bonds is 2. The first-order valence-corrected chi connectivity index (χ1v) is 7.63. The molecule has 1 saturated heterocycles. The Labute approximate surface area is 130 Å². The molecule has 22 heavy (non-hydrogen) atoms. The lowest BCUT2D eigenvalue weighted by atomic mass is 10.1. The zero-order chi connectivity index (χ0) is 15.7. The predicted molar refractivity (Wildman–Crippen MR) is 87.0 cm³/mol. The molecule has 1 atom stereocenters. The second-order valence-electron chi connectivity index (χ2n) is 5.82. The van der Waals surface area contributed by atoms with E-state index >= 15 is 0 Å². The summed E-state index contributed by atoms with van der Waals surface area (Å²) in [4.78, 5) is 20.2. The van der Waals surface area contributed by atoms with Crippen LogP contribution in [-0.2, 0) is 4.79 Å². The third-order valence-electron chi connectivity index (χ3n) is 4.24. The highest BCUT2D eigenvalue weighted by Gasteiger charge is 2.24. The standard InChI is InChI=1S/C17H21N3O2/c1-12-10-18-11-14-4-3-5-15(16(12)14)19-6-8-20(9-7-19)17(22)13(2)21/h3-5,10-11,13,21H,6-9H2,1-2H3/t13-/m0/s1. The molecule has 2 aromatic rings. The predicted octanol–water partition coefficient (Wildman–Crippen LogP) is 1.57. The minimum Gasteiger partial charge on any atom is -0.384 e. The van der Waals surface area contributed by atoms with Gasteiger partial charge in [-0.15, -0.1) is 0 Å². The summed E-state index contributed by atoms with van der Waals surface area (Å²) in [7, 11) is 0. The number of aliphatic hydroxyl groups is 1. The smallest absolute Gasteiger partial charge is 0.251 e. The number of carbonyl (C=O) groups is 1. The highest BCUT2D eigenvalue weighted by Crippen LogP contribution is 2.29. The van der Waals surface area contributed by atoms with Crippen molar-refractivity contribution in [1.29, 1.82) is 0 Å². The van der Waals surface area contributed by atoms with Crippen molar-refractivity contribution in [2.45, 2.75) is 20.0 Å². The molecule has 116 valence electrons. The average Bonchev–Trinajstić information content (AvgIpc) is 2.54. The maximum absolute atomic E-state index is 11.9. The van der Waals surface area contributed by atoms with Crippen molar-refractivity contribution in [3.8, 4) is 0 Å². The van der Waals surface area contributed by atoms with Crippen LogP contribution in [0, 0.1) is 6.92 Å². The van der Waals surface area contributed by atoms with Crippen LogP contribution in [0.25, 0.3) is 10.8 Å². The van der Waals surface area contributed by atoms with Gasteiger partial charge in [0.15, 0.2) is 0 Å². The van der Waals surface area contributed by atoms with Gasteiger partial charge >= 0.3 is 0 Å². The lowest BCUT2D eigenvalue weighted by molar-refractivity contribution is -0.139. The minimum absolute atomic E-state index is 0.182. The summed E-state index contributed by atoms with van der Waals surface area (Å²) >= 11 is 0. The lowest BCUT2D eigenvalue weighted by Crippen LogP contribution is -2.51. The number of aryl methyl sites for hydroxylation is 1. The van der Waals surface area contributed by atoms with E-state index in [1.165, 1.54) is 18.0 Å². The third kappa shape index (κ3) is 2.64. The van der Waals surface area contributed by atoms with Crippen LogP contribution in [0.15, 0.2) is 30.6 Å². The van der Waals surface area contributed by atoms with Crippen molar-refractivity contribution in [2.75, 3.05) is 31.1 Å². The van der Waals surface area contributed by atoms with Crippen molar-refractivity contribution in [3.05, 3.63) is 36.2 Å². The van der Waals surface area contributed by atoms with Gasteiger partial charge in [0.25, 0.3) is 5.91 Å². The summed E-state index contributed by atoms with van der Waals surface area (Å²) in [6.45, 7) is 6.44. The van der Waals surface area contributed by atoms with Gasteiger partial charge in [-0.25, -0.2) is 0 Å². The monoisotopic (exact) mass is 299 g/mol. The Morgan fingerprint density at radius 3 is 2.64 bits per heavy atom. The summed E-state index contributed by atoms with van der Waals surface area (Å²) in [5.41, 5.74) is 2.36. The molecule has 1 N–H and O–H groups in total. The molecule has 1 fully saturated rings. The molecule has 5 nitrogen and oxygen atoms in total. The first-order valence-electron chi connectivity index (χ1n) is 7.63. The molecule has 1 aromatic heterocycles. The van der Waals surface area contributed by atoms with Crippen LogP contribution in [0.5, 0.6) is 0 Å². The zero-order valence-corrected chi connectivity index (χ0v) is 13.0. The number of carbonyl (C=O) groups excluding carboxylic acids is 1. The third-order valence-corrected chi connectivity index (χ3v) is 4.24. The average molecular weight is 299 g/mol. The summed E-state index contributed by atoms with van der Waals surface area (Å²) < 4.78 is 0. The molecule has 0 spiro atoms. The Bertz CT molecular complexity index is 686. The topological polar surface area (TPSA) is 56.7 Å². The molecule has 1 aliphatic rings. The van der Waals surface area contributed by atoms with Gasteiger partial charge in [0.2, 0.25) is 0 Å². The molecule has 0 saturated carbocycles.